The minimum absolute atomic E-state index is 0.138. The average molecular weight is 327 g/mol. The number of benzene rings is 1. The van der Waals surface area contributed by atoms with Gasteiger partial charge in [-0.05, 0) is 48.8 Å². The molecule has 1 aromatic carbocycles. The zero-order chi connectivity index (χ0) is 16.1. The summed E-state index contributed by atoms with van der Waals surface area (Å²) in [6.07, 6.45) is 8.13. The molecule has 1 aliphatic carbocycles. The molecule has 1 fully saturated rings. The Morgan fingerprint density at radius 3 is 2.83 bits per heavy atom. The number of hydrogen-bond donors (Lipinski definition) is 2. The molecule has 1 heterocycles. The average Bonchev–Trinajstić information content (AvgIpc) is 2.55. The molecule has 1 aromatic heterocycles. The molecule has 1 aliphatic rings. The van der Waals surface area contributed by atoms with Crippen LogP contribution in [0.2, 0.25) is 0 Å². The number of anilines is 1. The largest absolute Gasteiger partial charge is 0.338 e. The predicted octanol–water partition coefficient (Wildman–Crippen LogP) is 4.01. The molecule has 0 atom stereocenters. The molecule has 0 unspecified atom stereocenters. The van der Waals surface area contributed by atoms with Crippen LogP contribution in [0.15, 0.2) is 48.8 Å². The van der Waals surface area contributed by atoms with Crippen molar-refractivity contribution in [1.29, 1.82) is 0 Å². The second-order valence-electron chi connectivity index (χ2n) is 5.85. The monoisotopic (exact) mass is 327 g/mol. The smallest absolute Gasteiger partial charge is 0.319 e. The molecular weight excluding hydrogens is 306 g/mol. The molecule has 0 bridgehead atoms. The molecule has 0 spiro atoms. The molecule has 2 N–H and O–H groups in total. The van der Waals surface area contributed by atoms with Crippen LogP contribution >= 0.6 is 11.8 Å². The molecule has 2 amide bonds. The fourth-order valence-electron chi connectivity index (χ4n) is 2.76. The summed E-state index contributed by atoms with van der Waals surface area (Å²) in [6, 6.07) is 11.6. The van der Waals surface area contributed by atoms with E-state index in [2.05, 4.69) is 21.9 Å². The molecule has 1 saturated carbocycles. The van der Waals surface area contributed by atoms with Gasteiger partial charge in [0, 0.05) is 35.4 Å². The number of urea groups is 1. The Labute approximate surface area is 141 Å². The number of hydrogen-bond acceptors (Lipinski definition) is 3. The minimum Gasteiger partial charge on any atom is -0.338 e. The van der Waals surface area contributed by atoms with Crippen molar-refractivity contribution >= 4 is 23.5 Å². The van der Waals surface area contributed by atoms with Gasteiger partial charge in [-0.1, -0.05) is 18.2 Å². The lowest BCUT2D eigenvalue weighted by atomic mass is 9.85. The van der Waals surface area contributed by atoms with Crippen LogP contribution in [0.5, 0.6) is 0 Å². The maximum atomic E-state index is 12.0. The fourth-order valence-corrected chi connectivity index (χ4v) is 3.69. The van der Waals surface area contributed by atoms with Crippen molar-refractivity contribution < 1.29 is 4.79 Å². The molecule has 3 rings (SSSR count). The van der Waals surface area contributed by atoms with Crippen molar-refractivity contribution in [3.63, 3.8) is 0 Å². The van der Waals surface area contributed by atoms with E-state index >= 15 is 0 Å². The van der Waals surface area contributed by atoms with E-state index in [1.54, 1.807) is 6.20 Å². The highest BCUT2D eigenvalue weighted by atomic mass is 32.2. The molecule has 2 aromatic rings. The summed E-state index contributed by atoms with van der Waals surface area (Å²) in [5, 5.41) is 6.65. The third-order valence-corrected chi connectivity index (χ3v) is 5.24. The summed E-state index contributed by atoms with van der Waals surface area (Å²) in [5.41, 5.74) is 2.87. The van der Waals surface area contributed by atoms with Gasteiger partial charge in [0.15, 0.2) is 0 Å². The van der Waals surface area contributed by atoms with E-state index in [1.165, 1.54) is 12.8 Å². The van der Waals surface area contributed by atoms with Gasteiger partial charge in [-0.2, -0.15) is 11.8 Å². The number of amides is 2. The van der Waals surface area contributed by atoms with Crippen LogP contribution < -0.4 is 10.6 Å². The highest BCUT2D eigenvalue weighted by Gasteiger charge is 2.28. The van der Waals surface area contributed by atoms with Gasteiger partial charge in [0.1, 0.15) is 0 Å². The van der Waals surface area contributed by atoms with Crippen LogP contribution in [0, 0.1) is 5.92 Å². The van der Waals surface area contributed by atoms with Gasteiger partial charge in [0.2, 0.25) is 0 Å². The Morgan fingerprint density at radius 2 is 2.09 bits per heavy atom. The van der Waals surface area contributed by atoms with Gasteiger partial charge < -0.3 is 10.6 Å². The number of aromatic nitrogens is 1. The van der Waals surface area contributed by atoms with Crippen molar-refractivity contribution in [2.45, 2.75) is 18.1 Å². The number of thioether (sulfide) groups is 1. The molecule has 23 heavy (non-hydrogen) atoms. The van der Waals surface area contributed by atoms with Gasteiger partial charge in [-0.25, -0.2) is 4.79 Å². The van der Waals surface area contributed by atoms with Crippen LogP contribution in [0.4, 0.5) is 10.5 Å². The van der Waals surface area contributed by atoms with E-state index < -0.39 is 0 Å². The zero-order valence-corrected chi connectivity index (χ0v) is 14.0. The van der Waals surface area contributed by atoms with Crippen molar-refractivity contribution in [1.82, 2.24) is 10.3 Å². The van der Waals surface area contributed by atoms with Crippen LogP contribution in [-0.2, 0) is 0 Å². The Morgan fingerprint density at radius 1 is 1.26 bits per heavy atom. The standard InChI is InChI=1S/C18H21N3OS/c1-23-17-8-13(9-17)11-20-18(22)21-16-6-2-4-14(10-16)15-5-3-7-19-12-15/h2-7,10,12-13,17H,8-9,11H2,1H3,(H2,20,21,22). The summed E-state index contributed by atoms with van der Waals surface area (Å²) < 4.78 is 0. The summed E-state index contributed by atoms with van der Waals surface area (Å²) >= 11 is 1.92. The van der Waals surface area contributed by atoms with Gasteiger partial charge in [-0.15, -0.1) is 0 Å². The number of nitrogens with zero attached hydrogens (tertiary/aromatic N) is 1. The predicted molar refractivity (Wildman–Crippen MR) is 96.7 cm³/mol. The summed E-state index contributed by atoms with van der Waals surface area (Å²) in [6.45, 7) is 0.755. The lowest BCUT2D eigenvalue weighted by molar-refractivity contribution is 0.244. The maximum Gasteiger partial charge on any atom is 0.319 e. The van der Waals surface area contributed by atoms with E-state index in [1.807, 2.05) is 54.4 Å². The first-order valence-electron chi connectivity index (χ1n) is 7.82. The highest BCUT2D eigenvalue weighted by Crippen LogP contribution is 2.34. The fraction of sp³-hybridized carbons (Fsp3) is 0.333. The summed E-state index contributed by atoms with van der Waals surface area (Å²) in [7, 11) is 0. The van der Waals surface area contributed by atoms with Gasteiger partial charge in [-0.3, -0.25) is 4.98 Å². The molecule has 0 aliphatic heterocycles. The second kappa shape index (κ2) is 7.51. The topological polar surface area (TPSA) is 54.0 Å². The first-order chi connectivity index (χ1) is 11.2. The number of carbonyl (C=O) groups is 1. The summed E-state index contributed by atoms with van der Waals surface area (Å²) in [5.74, 6) is 0.625. The lowest BCUT2D eigenvalue weighted by Crippen LogP contribution is -2.39. The third kappa shape index (κ3) is 4.26. The Bertz CT molecular complexity index is 656. The normalized spacial score (nSPS) is 19.7. The minimum atomic E-state index is -0.138. The SMILES string of the molecule is CSC1CC(CNC(=O)Nc2cccc(-c3cccnc3)c2)C1. The Kier molecular flexibility index (Phi) is 5.18. The second-order valence-corrected chi connectivity index (χ2v) is 6.99. The number of carbonyl (C=O) groups excluding carboxylic acids is 1. The van der Waals surface area contributed by atoms with Crippen molar-refractivity contribution in [2.75, 3.05) is 18.1 Å². The van der Waals surface area contributed by atoms with E-state index in [0.29, 0.717) is 5.92 Å². The van der Waals surface area contributed by atoms with E-state index in [4.69, 9.17) is 0 Å². The third-order valence-electron chi connectivity index (χ3n) is 4.19. The van der Waals surface area contributed by atoms with Crippen LogP contribution in [0.1, 0.15) is 12.8 Å². The van der Waals surface area contributed by atoms with E-state index in [0.717, 1.165) is 28.6 Å². The highest BCUT2D eigenvalue weighted by molar-refractivity contribution is 7.99. The van der Waals surface area contributed by atoms with Gasteiger partial charge in [0.25, 0.3) is 0 Å². The van der Waals surface area contributed by atoms with E-state index in [9.17, 15) is 4.79 Å². The van der Waals surface area contributed by atoms with Crippen molar-refractivity contribution in [3.8, 4) is 11.1 Å². The molecular formula is C18H21N3OS. The van der Waals surface area contributed by atoms with Crippen LogP contribution in [-0.4, -0.2) is 29.1 Å². The quantitative estimate of drug-likeness (QED) is 0.872. The lowest BCUT2D eigenvalue weighted by Gasteiger charge is -2.34. The molecule has 5 heteroatoms. The summed E-state index contributed by atoms with van der Waals surface area (Å²) in [4.78, 5) is 16.1. The molecule has 4 nitrogen and oxygen atoms in total. The number of rotatable bonds is 5. The number of nitrogens with one attached hydrogen (secondary N) is 2. The first kappa shape index (κ1) is 15.9. The molecule has 120 valence electrons. The zero-order valence-electron chi connectivity index (χ0n) is 13.2. The van der Waals surface area contributed by atoms with E-state index in [-0.39, 0.29) is 6.03 Å². The Hall–Kier alpha value is -2.01. The Balaban J connectivity index is 1.53. The number of pyridine rings is 1. The van der Waals surface area contributed by atoms with Crippen molar-refractivity contribution in [2.24, 2.45) is 5.92 Å². The molecule has 0 radical (unpaired) electrons. The molecule has 0 saturated heterocycles. The first-order valence-corrected chi connectivity index (χ1v) is 9.11. The van der Waals surface area contributed by atoms with Crippen molar-refractivity contribution in [3.05, 3.63) is 48.8 Å². The van der Waals surface area contributed by atoms with Gasteiger partial charge in [0.05, 0.1) is 0 Å². The maximum absolute atomic E-state index is 12.0. The van der Waals surface area contributed by atoms with Crippen LogP contribution in [0.25, 0.3) is 11.1 Å². The van der Waals surface area contributed by atoms with Crippen LogP contribution in [0.3, 0.4) is 0 Å². The van der Waals surface area contributed by atoms with Gasteiger partial charge >= 0.3 is 6.03 Å².